The highest BCUT2D eigenvalue weighted by atomic mass is 19.4. The minimum absolute atomic E-state index is 0.0460. The molecule has 1 aliphatic heterocycles. The van der Waals surface area contributed by atoms with Crippen molar-refractivity contribution in [1.29, 1.82) is 0 Å². The molecular weight excluding hydrogens is 394 g/mol. The highest BCUT2D eigenvalue weighted by molar-refractivity contribution is 5.60. The van der Waals surface area contributed by atoms with E-state index in [9.17, 15) is 26.3 Å². The van der Waals surface area contributed by atoms with Gasteiger partial charge < -0.3 is 10.6 Å². The van der Waals surface area contributed by atoms with Gasteiger partial charge in [0.1, 0.15) is 0 Å². The lowest BCUT2D eigenvalue weighted by molar-refractivity contribution is -0.143. The number of fused-ring (bicyclic) bond motifs is 1. The molecule has 1 aliphatic rings. The van der Waals surface area contributed by atoms with Gasteiger partial charge in [-0.3, -0.25) is 0 Å². The van der Waals surface area contributed by atoms with Crippen molar-refractivity contribution < 1.29 is 26.3 Å². The Morgan fingerprint density at radius 3 is 2.14 bits per heavy atom. The molecule has 0 fully saturated rings. The number of hydrogen-bond donors (Lipinski definition) is 2. The van der Waals surface area contributed by atoms with E-state index in [1.165, 1.54) is 0 Å². The van der Waals surface area contributed by atoms with E-state index in [1.54, 1.807) is 0 Å². The lowest BCUT2D eigenvalue weighted by Crippen LogP contribution is -2.22. The first-order valence-corrected chi connectivity index (χ1v) is 9.32. The van der Waals surface area contributed by atoms with Crippen LogP contribution in [-0.2, 0) is 18.9 Å². The third-order valence-corrected chi connectivity index (χ3v) is 5.06. The number of nitrogens with one attached hydrogen (secondary N) is 2. The summed E-state index contributed by atoms with van der Waals surface area (Å²) in [6.45, 7) is 4.60. The molecule has 0 amide bonds. The molecule has 0 radical (unpaired) electrons. The van der Waals surface area contributed by atoms with Gasteiger partial charge in [0.2, 0.25) is 0 Å². The third-order valence-electron chi connectivity index (χ3n) is 5.06. The lowest BCUT2D eigenvalue weighted by Gasteiger charge is -2.22. The summed E-state index contributed by atoms with van der Waals surface area (Å²) in [5.74, 6) is 0. The van der Waals surface area contributed by atoms with Crippen molar-refractivity contribution in [2.24, 2.45) is 0 Å². The van der Waals surface area contributed by atoms with E-state index in [0.29, 0.717) is 0 Å². The van der Waals surface area contributed by atoms with E-state index in [0.717, 1.165) is 53.9 Å². The molecule has 0 unspecified atom stereocenters. The van der Waals surface area contributed by atoms with Gasteiger partial charge in [-0.1, -0.05) is 17.7 Å². The Labute approximate surface area is 165 Å². The van der Waals surface area contributed by atoms with Crippen molar-refractivity contribution in [3.8, 4) is 0 Å². The van der Waals surface area contributed by atoms with E-state index in [2.05, 4.69) is 10.6 Å². The average Bonchev–Trinajstić information content (AvgIpc) is 2.80. The Kier molecular flexibility index (Phi) is 5.85. The fourth-order valence-corrected chi connectivity index (χ4v) is 3.77. The molecule has 3 rings (SSSR count). The van der Waals surface area contributed by atoms with E-state index in [4.69, 9.17) is 0 Å². The SMILES string of the molecule is Cc1cc(C)c2c(c1)[C@@H](NCc1cc(C(F)(F)F)cc(C(F)(F)F)c1)CCCN2. The van der Waals surface area contributed by atoms with Gasteiger partial charge in [0, 0.05) is 24.8 Å². The second kappa shape index (κ2) is 7.89. The number of hydrogen-bond acceptors (Lipinski definition) is 2. The van der Waals surface area contributed by atoms with Crippen LogP contribution < -0.4 is 10.6 Å². The third kappa shape index (κ3) is 5.04. The smallest absolute Gasteiger partial charge is 0.385 e. The van der Waals surface area contributed by atoms with Crippen LogP contribution in [0.15, 0.2) is 30.3 Å². The molecular formula is C21H22F6N2. The highest BCUT2D eigenvalue weighted by Crippen LogP contribution is 2.37. The molecule has 2 aromatic rings. The summed E-state index contributed by atoms with van der Waals surface area (Å²) in [6, 6.07) is 5.59. The topological polar surface area (TPSA) is 24.1 Å². The molecule has 2 aromatic carbocycles. The van der Waals surface area contributed by atoms with Crippen molar-refractivity contribution in [2.75, 3.05) is 11.9 Å². The van der Waals surface area contributed by atoms with Gasteiger partial charge in [-0.15, -0.1) is 0 Å². The number of rotatable bonds is 3. The predicted octanol–water partition coefficient (Wildman–Crippen LogP) is 6.38. The number of alkyl halides is 6. The summed E-state index contributed by atoms with van der Waals surface area (Å²) in [6.07, 6.45) is -8.12. The fraction of sp³-hybridized carbons (Fsp3) is 0.429. The number of benzene rings is 2. The summed E-state index contributed by atoms with van der Waals surface area (Å²) in [7, 11) is 0. The Hall–Kier alpha value is -2.22. The van der Waals surface area contributed by atoms with Gasteiger partial charge in [0.05, 0.1) is 11.1 Å². The summed E-state index contributed by atoms with van der Waals surface area (Å²) in [4.78, 5) is 0. The van der Waals surface area contributed by atoms with E-state index in [-0.39, 0.29) is 24.2 Å². The maximum Gasteiger partial charge on any atom is 0.416 e. The molecule has 0 aliphatic carbocycles. The highest BCUT2D eigenvalue weighted by Gasteiger charge is 2.37. The van der Waals surface area contributed by atoms with E-state index in [1.807, 2.05) is 26.0 Å². The van der Waals surface area contributed by atoms with Crippen LogP contribution in [0, 0.1) is 13.8 Å². The van der Waals surface area contributed by atoms with Crippen LogP contribution in [0.25, 0.3) is 0 Å². The minimum Gasteiger partial charge on any atom is -0.385 e. The molecule has 0 bridgehead atoms. The molecule has 0 saturated heterocycles. The standard InChI is InChI=1S/C21H22F6N2/c1-12-6-13(2)19-17(7-12)18(4-3-5-28-19)29-11-14-8-15(20(22,23)24)10-16(9-14)21(25,26)27/h6-10,18,28-29H,3-5,11H2,1-2H3/t18-/m0/s1. The van der Waals surface area contributed by atoms with Gasteiger partial charge in [-0.25, -0.2) is 0 Å². The maximum absolute atomic E-state index is 13.1. The van der Waals surface area contributed by atoms with E-state index < -0.39 is 23.5 Å². The molecule has 0 saturated carbocycles. The van der Waals surface area contributed by atoms with Crippen LogP contribution in [0.5, 0.6) is 0 Å². The molecule has 2 N–H and O–H groups in total. The molecule has 29 heavy (non-hydrogen) atoms. The molecule has 0 aromatic heterocycles. The van der Waals surface area contributed by atoms with E-state index >= 15 is 0 Å². The van der Waals surface area contributed by atoms with Crippen LogP contribution >= 0.6 is 0 Å². The second-order valence-corrected chi connectivity index (χ2v) is 7.46. The summed E-state index contributed by atoms with van der Waals surface area (Å²) in [5, 5.41) is 6.54. The fourth-order valence-electron chi connectivity index (χ4n) is 3.77. The van der Waals surface area contributed by atoms with Gasteiger partial charge in [-0.2, -0.15) is 26.3 Å². The zero-order chi connectivity index (χ0) is 21.4. The Balaban J connectivity index is 1.90. The summed E-state index contributed by atoms with van der Waals surface area (Å²) in [5.41, 5.74) is 1.45. The maximum atomic E-state index is 13.1. The monoisotopic (exact) mass is 416 g/mol. The molecule has 0 spiro atoms. The van der Waals surface area contributed by atoms with Crippen molar-refractivity contribution in [3.63, 3.8) is 0 Å². The summed E-state index contributed by atoms with van der Waals surface area (Å²) >= 11 is 0. The van der Waals surface area contributed by atoms with Crippen molar-refractivity contribution in [1.82, 2.24) is 5.32 Å². The minimum atomic E-state index is -4.84. The van der Waals surface area contributed by atoms with Crippen molar-refractivity contribution in [3.05, 3.63) is 63.7 Å². The van der Waals surface area contributed by atoms with Crippen LogP contribution in [-0.4, -0.2) is 6.54 Å². The van der Waals surface area contributed by atoms with Crippen LogP contribution in [0.1, 0.15) is 52.3 Å². The molecule has 8 heteroatoms. The first-order valence-electron chi connectivity index (χ1n) is 9.32. The molecule has 1 heterocycles. The number of aryl methyl sites for hydroxylation is 2. The van der Waals surface area contributed by atoms with Crippen LogP contribution in [0.4, 0.5) is 32.0 Å². The Bertz CT molecular complexity index is 854. The van der Waals surface area contributed by atoms with Crippen LogP contribution in [0.3, 0.4) is 0 Å². The lowest BCUT2D eigenvalue weighted by atomic mass is 9.96. The molecule has 158 valence electrons. The van der Waals surface area contributed by atoms with Crippen molar-refractivity contribution >= 4 is 5.69 Å². The molecule has 1 atom stereocenters. The summed E-state index contributed by atoms with van der Waals surface area (Å²) < 4.78 is 78.4. The quantitative estimate of drug-likeness (QED) is 0.568. The van der Waals surface area contributed by atoms with Gasteiger partial charge >= 0.3 is 12.4 Å². The largest absolute Gasteiger partial charge is 0.416 e. The van der Waals surface area contributed by atoms with Crippen LogP contribution in [0.2, 0.25) is 0 Å². The van der Waals surface area contributed by atoms with Gasteiger partial charge in [0.25, 0.3) is 0 Å². The predicted molar refractivity (Wildman–Crippen MR) is 99.7 cm³/mol. The normalized spacial score (nSPS) is 17.4. The first-order chi connectivity index (χ1) is 13.4. The van der Waals surface area contributed by atoms with Gasteiger partial charge in [0.15, 0.2) is 0 Å². The zero-order valence-electron chi connectivity index (χ0n) is 16.1. The Morgan fingerprint density at radius 1 is 0.931 bits per heavy atom. The second-order valence-electron chi connectivity index (χ2n) is 7.46. The average molecular weight is 416 g/mol. The molecule has 2 nitrogen and oxygen atoms in total. The van der Waals surface area contributed by atoms with Gasteiger partial charge in [-0.05, 0) is 61.6 Å². The Morgan fingerprint density at radius 2 is 1.55 bits per heavy atom. The van der Waals surface area contributed by atoms with Crippen molar-refractivity contribution in [2.45, 2.75) is 51.6 Å². The number of anilines is 1. The first kappa shape index (κ1) is 21.5. The zero-order valence-corrected chi connectivity index (χ0v) is 16.1. The number of halogens is 6.